The number of rotatable bonds is 5. The largest absolute Gasteiger partial charge is 0.313 e. The fourth-order valence-corrected chi connectivity index (χ4v) is 1.86. The Hall–Kier alpha value is -1.08. The molecule has 1 aliphatic carbocycles. The summed E-state index contributed by atoms with van der Waals surface area (Å²) in [5, 5.41) is 3.53. The third-order valence-electron chi connectivity index (χ3n) is 2.77. The third kappa shape index (κ3) is 2.24. The molecule has 0 radical (unpaired) electrons. The molecular weight excluding hydrogens is 170 g/mol. The lowest BCUT2D eigenvalue weighted by Gasteiger charge is -2.01. The quantitative estimate of drug-likeness (QED) is 0.552. The number of benzene rings is 1. The second kappa shape index (κ2) is 4.43. The minimum Gasteiger partial charge on any atom is -0.313 e. The summed E-state index contributed by atoms with van der Waals surface area (Å²) in [5.41, 5.74) is 1.48. The second-order valence-electron chi connectivity index (χ2n) is 3.89. The van der Waals surface area contributed by atoms with Crippen molar-refractivity contribution in [1.82, 2.24) is 5.32 Å². The zero-order valence-electron chi connectivity index (χ0n) is 8.45. The van der Waals surface area contributed by atoms with Crippen molar-refractivity contribution in [3.8, 4) is 0 Å². The van der Waals surface area contributed by atoms with Crippen LogP contribution in [0.4, 0.5) is 0 Å². The maximum atomic E-state index is 3.72. The van der Waals surface area contributed by atoms with E-state index in [9.17, 15) is 0 Å². The molecular formula is C13H17N. The minimum absolute atomic E-state index is 0.706. The van der Waals surface area contributed by atoms with Gasteiger partial charge in [-0.15, -0.1) is 6.58 Å². The topological polar surface area (TPSA) is 12.0 Å². The normalized spacial score (nSPS) is 24.6. The molecule has 2 rings (SSSR count). The molecule has 1 aliphatic rings. The summed E-state index contributed by atoms with van der Waals surface area (Å²) in [6.45, 7) is 4.78. The molecule has 1 aromatic rings. The van der Waals surface area contributed by atoms with Crippen LogP contribution in [0.2, 0.25) is 0 Å². The average Bonchev–Trinajstić information content (AvgIpc) is 2.99. The van der Waals surface area contributed by atoms with E-state index >= 15 is 0 Å². The van der Waals surface area contributed by atoms with Gasteiger partial charge < -0.3 is 5.32 Å². The van der Waals surface area contributed by atoms with Crippen molar-refractivity contribution in [2.75, 3.05) is 6.54 Å². The average molecular weight is 187 g/mol. The molecule has 1 fully saturated rings. The highest BCUT2D eigenvalue weighted by Gasteiger charge is 2.37. The molecule has 0 amide bonds. The van der Waals surface area contributed by atoms with Crippen molar-refractivity contribution < 1.29 is 0 Å². The third-order valence-corrected chi connectivity index (χ3v) is 2.77. The van der Waals surface area contributed by atoms with Gasteiger partial charge in [0.2, 0.25) is 0 Å². The molecule has 0 spiro atoms. The van der Waals surface area contributed by atoms with Crippen molar-refractivity contribution in [1.29, 1.82) is 0 Å². The van der Waals surface area contributed by atoms with E-state index in [-0.39, 0.29) is 0 Å². The van der Waals surface area contributed by atoms with Gasteiger partial charge in [-0.25, -0.2) is 0 Å². The van der Waals surface area contributed by atoms with Gasteiger partial charge in [0.25, 0.3) is 0 Å². The number of nitrogens with one attached hydrogen (secondary N) is 1. The second-order valence-corrected chi connectivity index (χ2v) is 3.89. The van der Waals surface area contributed by atoms with Crippen molar-refractivity contribution in [3.05, 3.63) is 48.6 Å². The van der Waals surface area contributed by atoms with Crippen LogP contribution in [0.3, 0.4) is 0 Å². The van der Waals surface area contributed by atoms with E-state index in [0.717, 1.165) is 18.9 Å². The van der Waals surface area contributed by atoms with E-state index in [1.807, 2.05) is 6.08 Å². The Labute approximate surface area is 85.8 Å². The molecule has 1 saturated carbocycles. The van der Waals surface area contributed by atoms with Gasteiger partial charge in [-0.1, -0.05) is 36.4 Å². The van der Waals surface area contributed by atoms with Gasteiger partial charge >= 0.3 is 0 Å². The molecule has 2 atom stereocenters. The summed E-state index contributed by atoms with van der Waals surface area (Å²) in [5.74, 6) is 0.751. The molecule has 1 heteroatoms. The highest BCUT2D eigenvalue weighted by atomic mass is 15.0. The van der Waals surface area contributed by atoms with E-state index in [2.05, 4.69) is 42.2 Å². The first-order valence-corrected chi connectivity index (χ1v) is 5.31. The van der Waals surface area contributed by atoms with Gasteiger partial charge in [0.1, 0.15) is 0 Å². The van der Waals surface area contributed by atoms with Crippen LogP contribution in [0, 0.1) is 0 Å². The molecule has 14 heavy (non-hydrogen) atoms. The highest BCUT2D eigenvalue weighted by molar-refractivity contribution is 5.27. The van der Waals surface area contributed by atoms with E-state index < -0.39 is 0 Å². The molecule has 0 aromatic heterocycles. The Bertz CT molecular complexity index is 291. The summed E-state index contributed by atoms with van der Waals surface area (Å²) in [6, 6.07) is 11.5. The molecule has 0 aliphatic heterocycles. The van der Waals surface area contributed by atoms with Gasteiger partial charge in [0.15, 0.2) is 0 Å². The standard InChI is InChI=1S/C13H17N/c1-2-3-9-14-13-10-12(13)11-7-5-4-6-8-11/h2,4-8,12-14H,1,3,9-10H2. The van der Waals surface area contributed by atoms with Crippen LogP contribution in [-0.4, -0.2) is 12.6 Å². The highest BCUT2D eigenvalue weighted by Crippen LogP contribution is 2.40. The number of hydrogen-bond acceptors (Lipinski definition) is 1. The van der Waals surface area contributed by atoms with Crippen LogP contribution >= 0.6 is 0 Å². The lowest BCUT2D eigenvalue weighted by Crippen LogP contribution is -2.18. The fraction of sp³-hybridized carbons (Fsp3) is 0.385. The van der Waals surface area contributed by atoms with Gasteiger partial charge in [-0.3, -0.25) is 0 Å². The molecule has 2 unspecified atom stereocenters. The summed E-state index contributed by atoms with van der Waals surface area (Å²) in [7, 11) is 0. The predicted octanol–water partition coefficient (Wildman–Crippen LogP) is 2.71. The van der Waals surface area contributed by atoms with E-state index in [1.54, 1.807) is 0 Å². The van der Waals surface area contributed by atoms with E-state index in [1.165, 1.54) is 12.0 Å². The SMILES string of the molecule is C=CCCNC1CC1c1ccccc1. The fourth-order valence-electron chi connectivity index (χ4n) is 1.86. The van der Waals surface area contributed by atoms with E-state index in [4.69, 9.17) is 0 Å². The minimum atomic E-state index is 0.706. The van der Waals surface area contributed by atoms with Gasteiger partial charge in [-0.05, 0) is 24.9 Å². The van der Waals surface area contributed by atoms with Gasteiger partial charge in [0.05, 0.1) is 0 Å². The maximum Gasteiger partial charge on any atom is 0.0143 e. The first-order chi connectivity index (χ1) is 6.92. The summed E-state index contributed by atoms with van der Waals surface area (Å²) in [6.07, 6.45) is 4.33. The van der Waals surface area contributed by atoms with Crippen molar-refractivity contribution in [2.24, 2.45) is 0 Å². The van der Waals surface area contributed by atoms with Crippen molar-refractivity contribution in [3.63, 3.8) is 0 Å². The first-order valence-electron chi connectivity index (χ1n) is 5.31. The van der Waals surface area contributed by atoms with Crippen LogP contribution in [0.1, 0.15) is 24.3 Å². The Morgan fingerprint density at radius 3 is 2.86 bits per heavy atom. The molecule has 0 heterocycles. The van der Waals surface area contributed by atoms with Crippen LogP contribution in [-0.2, 0) is 0 Å². The first kappa shape index (κ1) is 9.47. The summed E-state index contributed by atoms with van der Waals surface area (Å²) >= 11 is 0. The Balaban J connectivity index is 1.79. The van der Waals surface area contributed by atoms with Gasteiger partial charge in [0, 0.05) is 12.0 Å². The molecule has 1 aromatic carbocycles. The van der Waals surface area contributed by atoms with Crippen LogP contribution in [0.5, 0.6) is 0 Å². The Morgan fingerprint density at radius 1 is 1.36 bits per heavy atom. The molecule has 1 N–H and O–H groups in total. The number of hydrogen-bond donors (Lipinski definition) is 1. The smallest absolute Gasteiger partial charge is 0.0143 e. The zero-order chi connectivity index (χ0) is 9.80. The molecule has 74 valence electrons. The van der Waals surface area contributed by atoms with Crippen LogP contribution in [0.15, 0.2) is 43.0 Å². The van der Waals surface area contributed by atoms with Crippen LogP contribution < -0.4 is 5.32 Å². The van der Waals surface area contributed by atoms with Crippen molar-refractivity contribution >= 4 is 0 Å². The zero-order valence-corrected chi connectivity index (χ0v) is 8.45. The Kier molecular flexibility index (Phi) is 3.00. The predicted molar refractivity (Wildman–Crippen MR) is 60.4 cm³/mol. The molecule has 0 bridgehead atoms. The van der Waals surface area contributed by atoms with E-state index in [0.29, 0.717) is 6.04 Å². The monoisotopic (exact) mass is 187 g/mol. The summed E-state index contributed by atoms with van der Waals surface area (Å²) in [4.78, 5) is 0. The summed E-state index contributed by atoms with van der Waals surface area (Å²) < 4.78 is 0. The maximum absolute atomic E-state index is 3.72. The molecule has 0 saturated heterocycles. The molecule has 1 nitrogen and oxygen atoms in total. The van der Waals surface area contributed by atoms with Crippen molar-refractivity contribution in [2.45, 2.75) is 24.8 Å². The Morgan fingerprint density at radius 2 is 2.14 bits per heavy atom. The van der Waals surface area contributed by atoms with Crippen LogP contribution in [0.25, 0.3) is 0 Å². The lowest BCUT2D eigenvalue weighted by molar-refractivity contribution is 0.676. The van der Waals surface area contributed by atoms with Gasteiger partial charge in [-0.2, -0.15) is 0 Å². The lowest BCUT2D eigenvalue weighted by atomic mass is 10.1.